The molecule has 1 aliphatic rings. The van der Waals surface area contributed by atoms with Crippen LogP contribution < -0.4 is 5.32 Å². The lowest BCUT2D eigenvalue weighted by Crippen LogP contribution is -2.33. The molecular weight excluding hydrogens is 318 g/mol. The molecule has 1 aliphatic carbocycles. The van der Waals surface area contributed by atoms with Crippen LogP contribution in [0.4, 0.5) is 0 Å². The fourth-order valence-corrected chi connectivity index (χ4v) is 4.60. The second kappa shape index (κ2) is 5.78. The number of halogens is 1. The van der Waals surface area contributed by atoms with Crippen molar-refractivity contribution in [3.8, 4) is 0 Å². The fraction of sp³-hybridized carbons (Fsp3) is 0.375. The van der Waals surface area contributed by atoms with Gasteiger partial charge >= 0.3 is 0 Å². The molecule has 0 amide bonds. The second-order valence-corrected chi connectivity index (χ2v) is 6.88. The molecule has 2 unspecified atom stereocenters. The number of benzene rings is 1. The Morgan fingerprint density at radius 1 is 1.37 bits per heavy atom. The van der Waals surface area contributed by atoms with Crippen LogP contribution in [-0.2, 0) is 6.42 Å². The van der Waals surface area contributed by atoms with Gasteiger partial charge in [0.2, 0.25) is 0 Å². The van der Waals surface area contributed by atoms with Crippen LogP contribution in [0.3, 0.4) is 0 Å². The topological polar surface area (TPSA) is 12.0 Å². The Hall–Kier alpha value is -0.640. The summed E-state index contributed by atoms with van der Waals surface area (Å²) in [4.78, 5) is 1.44. The standard InChI is InChI=1S/C16H18BrNS/c1-2-8-18-15(16-14(17)7-9-19-16)13-10-11-5-3-4-6-12(11)13/h3-7,9,13,15,18H,2,8,10H2,1H3. The van der Waals surface area contributed by atoms with E-state index in [2.05, 4.69) is 63.9 Å². The molecule has 100 valence electrons. The van der Waals surface area contributed by atoms with Gasteiger partial charge in [0.25, 0.3) is 0 Å². The van der Waals surface area contributed by atoms with Crippen LogP contribution >= 0.6 is 27.3 Å². The number of fused-ring (bicyclic) bond motifs is 1. The third kappa shape index (κ3) is 2.51. The van der Waals surface area contributed by atoms with Crippen molar-refractivity contribution in [2.75, 3.05) is 6.54 Å². The summed E-state index contributed by atoms with van der Waals surface area (Å²) in [6.07, 6.45) is 2.37. The maximum absolute atomic E-state index is 3.74. The summed E-state index contributed by atoms with van der Waals surface area (Å²) in [5.41, 5.74) is 3.04. The Morgan fingerprint density at radius 3 is 2.89 bits per heavy atom. The minimum Gasteiger partial charge on any atom is -0.309 e. The first-order valence-electron chi connectivity index (χ1n) is 6.85. The maximum atomic E-state index is 3.74. The summed E-state index contributed by atoms with van der Waals surface area (Å²) in [5.74, 6) is 0.623. The Balaban J connectivity index is 1.88. The van der Waals surface area contributed by atoms with Crippen molar-refractivity contribution in [3.63, 3.8) is 0 Å². The van der Waals surface area contributed by atoms with E-state index >= 15 is 0 Å². The van der Waals surface area contributed by atoms with Gasteiger partial charge < -0.3 is 5.32 Å². The molecule has 0 saturated carbocycles. The van der Waals surface area contributed by atoms with Crippen LogP contribution in [0, 0.1) is 0 Å². The zero-order chi connectivity index (χ0) is 13.2. The van der Waals surface area contributed by atoms with Crippen LogP contribution in [0.25, 0.3) is 0 Å². The zero-order valence-corrected chi connectivity index (χ0v) is 13.4. The Morgan fingerprint density at radius 2 is 2.21 bits per heavy atom. The van der Waals surface area contributed by atoms with E-state index < -0.39 is 0 Å². The van der Waals surface area contributed by atoms with Crippen molar-refractivity contribution in [2.24, 2.45) is 0 Å². The minimum atomic E-state index is 0.448. The lowest BCUT2D eigenvalue weighted by Gasteiger charge is -2.37. The Labute approximate surface area is 127 Å². The highest BCUT2D eigenvalue weighted by atomic mass is 79.9. The molecule has 0 spiro atoms. The van der Waals surface area contributed by atoms with E-state index in [-0.39, 0.29) is 0 Å². The van der Waals surface area contributed by atoms with E-state index in [9.17, 15) is 0 Å². The molecule has 0 aliphatic heterocycles. The smallest absolute Gasteiger partial charge is 0.0499 e. The van der Waals surface area contributed by atoms with Crippen molar-refractivity contribution in [2.45, 2.75) is 31.7 Å². The van der Waals surface area contributed by atoms with Gasteiger partial charge in [0.1, 0.15) is 0 Å². The first kappa shape index (κ1) is 13.3. The van der Waals surface area contributed by atoms with E-state index in [1.807, 2.05) is 11.3 Å². The molecule has 0 bridgehead atoms. The normalized spacial score (nSPS) is 18.7. The second-order valence-electron chi connectivity index (χ2n) is 5.07. The molecule has 2 atom stereocenters. The van der Waals surface area contributed by atoms with Crippen LogP contribution in [0.2, 0.25) is 0 Å². The fourth-order valence-electron chi connectivity index (χ4n) is 2.84. The van der Waals surface area contributed by atoms with Gasteiger partial charge in [0, 0.05) is 21.3 Å². The summed E-state index contributed by atoms with van der Waals surface area (Å²) >= 11 is 5.54. The Bertz CT molecular complexity index is 563. The minimum absolute atomic E-state index is 0.448. The Kier molecular flexibility index (Phi) is 4.06. The quantitative estimate of drug-likeness (QED) is 0.820. The number of rotatable bonds is 5. The van der Waals surface area contributed by atoms with Crippen LogP contribution in [0.5, 0.6) is 0 Å². The summed E-state index contributed by atoms with van der Waals surface area (Å²) < 4.78 is 1.25. The molecule has 19 heavy (non-hydrogen) atoms. The molecule has 3 rings (SSSR count). The van der Waals surface area contributed by atoms with Crippen molar-refractivity contribution < 1.29 is 0 Å². The van der Waals surface area contributed by atoms with Gasteiger partial charge in [-0.05, 0) is 57.9 Å². The average molecular weight is 336 g/mol. The van der Waals surface area contributed by atoms with Crippen molar-refractivity contribution >= 4 is 27.3 Å². The van der Waals surface area contributed by atoms with Gasteiger partial charge in [-0.3, -0.25) is 0 Å². The number of thiophene rings is 1. The SMILES string of the molecule is CCCNC(c1sccc1Br)C1Cc2ccccc21. The lowest BCUT2D eigenvalue weighted by atomic mass is 9.73. The summed E-state index contributed by atoms with van der Waals surface area (Å²) in [6, 6.07) is 11.4. The summed E-state index contributed by atoms with van der Waals surface area (Å²) in [7, 11) is 0. The highest BCUT2D eigenvalue weighted by molar-refractivity contribution is 9.10. The van der Waals surface area contributed by atoms with E-state index in [0.717, 1.165) is 6.54 Å². The van der Waals surface area contributed by atoms with Crippen molar-refractivity contribution in [1.29, 1.82) is 0 Å². The highest BCUT2D eigenvalue weighted by Crippen LogP contribution is 2.46. The predicted molar refractivity (Wildman–Crippen MR) is 85.9 cm³/mol. The van der Waals surface area contributed by atoms with Gasteiger partial charge in [-0.25, -0.2) is 0 Å². The van der Waals surface area contributed by atoms with Crippen molar-refractivity contribution in [3.05, 3.63) is 56.2 Å². The molecule has 1 aromatic carbocycles. The molecule has 1 heterocycles. The van der Waals surface area contributed by atoms with E-state index in [1.165, 1.54) is 33.3 Å². The molecule has 2 aromatic rings. The van der Waals surface area contributed by atoms with E-state index in [0.29, 0.717) is 12.0 Å². The van der Waals surface area contributed by atoms with Gasteiger partial charge in [-0.15, -0.1) is 11.3 Å². The largest absolute Gasteiger partial charge is 0.309 e. The first-order chi connectivity index (χ1) is 9.31. The van der Waals surface area contributed by atoms with E-state index in [1.54, 1.807) is 0 Å². The highest BCUT2D eigenvalue weighted by Gasteiger charge is 2.34. The van der Waals surface area contributed by atoms with E-state index in [4.69, 9.17) is 0 Å². The third-order valence-corrected chi connectivity index (χ3v) is 5.79. The average Bonchev–Trinajstić information content (AvgIpc) is 2.81. The summed E-state index contributed by atoms with van der Waals surface area (Å²) in [6.45, 7) is 3.30. The molecular formula is C16H18BrNS. The molecule has 3 heteroatoms. The zero-order valence-electron chi connectivity index (χ0n) is 11.0. The lowest BCUT2D eigenvalue weighted by molar-refractivity contribution is 0.416. The monoisotopic (exact) mass is 335 g/mol. The molecule has 1 aromatic heterocycles. The van der Waals surface area contributed by atoms with Crippen LogP contribution in [-0.4, -0.2) is 6.54 Å². The van der Waals surface area contributed by atoms with Crippen LogP contribution in [0.15, 0.2) is 40.2 Å². The van der Waals surface area contributed by atoms with Gasteiger partial charge in [-0.2, -0.15) is 0 Å². The van der Waals surface area contributed by atoms with Gasteiger partial charge in [0.15, 0.2) is 0 Å². The van der Waals surface area contributed by atoms with Gasteiger partial charge in [-0.1, -0.05) is 31.2 Å². The first-order valence-corrected chi connectivity index (χ1v) is 8.52. The molecule has 1 nitrogen and oxygen atoms in total. The number of nitrogens with one attached hydrogen (secondary N) is 1. The molecule has 1 N–H and O–H groups in total. The number of hydrogen-bond acceptors (Lipinski definition) is 2. The predicted octanol–water partition coefficient (Wildman–Crippen LogP) is 4.89. The molecule has 0 saturated heterocycles. The molecule has 0 fully saturated rings. The third-order valence-electron chi connectivity index (χ3n) is 3.84. The van der Waals surface area contributed by atoms with Gasteiger partial charge in [0.05, 0.1) is 0 Å². The molecule has 0 radical (unpaired) electrons. The van der Waals surface area contributed by atoms with Crippen molar-refractivity contribution in [1.82, 2.24) is 5.32 Å². The number of hydrogen-bond donors (Lipinski definition) is 1. The summed E-state index contributed by atoms with van der Waals surface area (Å²) in [5, 5.41) is 5.91. The maximum Gasteiger partial charge on any atom is 0.0499 e. The van der Waals surface area contributed by atoms with Crippen LogP contribution in [0.1, 0.15) is 41.3 Å².